The molecule has 5 nitrogen and oxygen atoms in total. The smallest absolute Gasteiger partial charge is 0.315 e. The second kappa shape index (κ2) is 9.80. The Morgan fingerprint density at radius 2 is 1.95 bits per heavy atom. The van der Waals surface area contributed by atoms with Crippen LogP contribution < -0.4 is 10.6 Å². The molecule has 0 saturated heterocycles. The van der Waals surface area contributed by atoms with Crippen LogP contribution in [-0.2, 0) is 6.54 Å². The van der Waals surface area contributed by atoms with Crippen LogP contribution in [0.4, 0.5) is 4.79 Å². The summed E-state index contributed by atoms with van der Waals surface area (Å²) < 4.78 is 0. The lowest BCUT2D eigenvalue weighted by atomic mass is 9.94. The number of carbonyl (C=O) groups is 1. The van der Waals surface area contributed by atoms with Crippen LogP contribution in [0.2, 0.25) is 0 Å². The molecule has 120 valence electrons. The van der Waals surface area contributed by atoms with E-state index in [9.17, 15) is 4.79 Å². The normalized spacial score (nSPS) is 11.8. The third-order valence-electron chi connectivity index (χ3n) is 3.43. The third-order valence-corrected chi connectivity index (χ3v) is 3.43. The van der Waals surface area contributed by atoms with Crippen molar-refractivity contribution in [1.82, 2.24) is 10.6 Å². The number of urea groups is 1. The van der Waals surface area contributed by atoms with Crippen molar-refractivity contribution in [3.8, 4) is 6.07 Å². The highest BCUT2D eigenvalue weighted by molar-refractivity contribution is 5.73. The van der Waals surface area contributed by atoms with Gasteiger partial charge >= 0.3 is 6.03 Å². The molecule has 3 N–H and O–H groups in total. The van der Waals surface area contributed by atoms with Crippen molar-refractivity contribution in [2.45, 2.75) is 33.2 Å². The van der Waals surface area contributed by atoms with Crippen LogP contribution in [0.3, 0.4) is 0 Å². The summed E-state index contributed by atoms with van der Waals surface area (Å²) in [5.41, 5.74) is 1.55. The Balaban J connectivity index is 2.33. The summed E-state index contributed by atoms with van der Waals surface area (Å²) in [5.74, 6) is 0.839. The molecule has 1 rings (SSSR count). The van der Waals surface area contributed by atoms with Crippen molar-refractivity contribution in [1.29, 1.82) is 5.26 Å². The van der Waals surface area contributed by atoms with Crippen molar-refractivity contribution in [2.24, 2.45) is 11.8 Å². The van der Waals surface area contributed by atoms with Gasteiger partial charge in [0.05, 0.1) is 11.6 Å². The molecular formula is C17H25N3O2. The molecular weight excluding hydrogens is 278 g/mol. The Hall–Kier alpha value is -2.06. The number of nitriles is 1. The van der Waals surface area contributed by atoms with E-state index >= 15 is 0 Å². The SMILES string of the molecule is CC(C)CC(CCO)CNC(=O)NCc1ccc(C#N)cc1. The number of nitrogens with zero attached hydrogens (tertiary/aromatic N) is 1. The van der Waals surface area contributed by atoms with Gasteiger partial charge in [0.1, 0.15) is 0 Å². The lowest BCUT2D eigenvalue weighted by Gasteiger charge is -2.18. The van der Waals surface area contributed by atoms with Gasteiger partial charge in [0.2, 0.25) is 0 Å². The molecule has 5 heteroatoms. The molecule has 0 saturated carbocycles. The minimum Gasteiger partial charge on any atom is -0.396 e. The molecule has 0 aliphatic carbocycles. The molecule has 1 unspecified atom stereocenters. The van der Waals surface area contributed by atoms with Crippen molar-refractivity contribution < 1.29 is 9.90 Å². The third kappa shape index (κ3) is 7.09. The van der Waals surface area contributed by atoms with Gasteiger partial charge in [0, 0.05) is 19.7 Å². The van der Waals surface area contributed by atoms with Crippen LogP contribution in [0.15, 0.2) is 24.3 Å². The first-order chi connectivity index (χ1) is 10.5. The molecule has 1 atom stereocenters. The molecule has 0 radical (unpaired) electrons. The fraction of sp³-hybridized carbons (Fsp3) is 0.529. The molecule has 22 heavy (non-hydrogen) atoms. The lowest BCUT2D eigenvalue weighted by Crippen LogP contribution is -2.38. The van der Waals surface area contributed by atoms with E-state index in [0.29, 0.717) is 36.9 Å². The monoisotopic (exact) mass is 303 g/mol. The van der Waals surface area contributed by atoms with Crippen molar-refractivity contribution in [3.63, 3.8) is 0 Å². The van der Waals surface area contributed by atoms with E-state index in [1.807, 2.05) is 12.1 Å². The molecule has 1 aromatic rings. The molecule has 0 bridgehead atoms. The summed E-state index contributed by atoms with van der Waals surface area (Å²) in [6.07, 6.45) is 1.69. The summed E-state index contributed by atoms with van der Waals surface area (Å²) in [5, 5.41) is 23.4. The van der Waals surface area contributed by atoms with Crippen molar-refractivity contribution in [2.75, 3.05) is 13.2 Å². The lowest BCUT2D eigenvalue weighted by molar-refractivity contribution is 0.225. The van der Waals surface area contributed by atoms with Crippen LogP contribution in [0.1, 0.15) is 37.8 Å². The van der Waals surface area contributed by atoms with Crippen LogP contribution in [0.5, 0.6) is 0 Å². The first-order valence-corrected chi connectivity index (χ1v) is 7.66. The van der Waals surface area contributed by atoms with E-state index < -0.39 is 0 Å². The van der Waals surface area contributed by atoms with Gasteiger partial charge in [-0.3, -0.25) is 0 Å². The van der Waals surface area contributed by atoms with Crippen molar-refractivity contribution >= 4 is 6.03 Å². The van der Waals surface area contributed by atoms with E-state index in [1.165, 1.54) is 0 Å². The topological polar surface area (TPSA) is 85.2 Å². The summed E-state index contributed by atoms with van der Waals surface area (Å²) in [6.45, 7) is 5.40. The zero-order valence-electron chi connectivity index (χ0n) is 13.3. The first-order valence-electron chi connectivity index (χ1n) is 7.66. The Kier molecular flexibility index (Phi) is 8.01. The van der Waals surface area contributed by atoms with Crippen LogP contribution in [-0.4, -0.2) is 24.3 Å². The predicted octanol–water partition coefficient (Wildman–Crippen LogP) is 2.40. The second-order valence-corrected chi connectivity index (χ2v) is 5.88. The van der Waals surface area contributed by atoms with Crippen LogP contribution in [0.25, 0.3) is 0 Å². The van der Waals surface area contributed by atoms with E-state index in [4.69, 9.17) is 10.4 Å². The van der Waals surface area contributed by atoms with E-state index in [2.05, 4.69) is 30.6 Å². The predicted molar refractivity (Wildman–Crippen MR) is 86.0 cm³/mol. The van der Waals surface area contributed by atoms with Crippen molar-refractivity contribution in [3.05, 3.63) is 35.4 Å². The number of benzene rings is 1. The van der Waals surface area contributed by atoms with Gasteiger partial charge in [-0.2, -0.15) is 5.26 Å². The van der Waals surface area contributed by atoms with E-state index in [0.717, 1.165) is 12.0 Å². The maximum absolute atomic E-state index is 11.8. The Morgan fingerprint density at radius 1 is 1.27 bits per heavy atom. The fourth-order valence-corrected chi connectivity index (χ4v) is 2.33. The van der Waals surface area contributed by atoms with Gasteiger partial charge in [0.15, 0.2) is 0 Å². The molecule has 2 amide bonds. The fourth-order valence-electron chi connectivity index (χ4n) is 2.33. The number of nitrogens with one attached hydrogen (secondary N) is 2. The number of aliphatic hydroxyl groups excluding tert-OH is 1. The number of hydrogen-bond acceptors (Lipinski definition) is 3. The highest BCUT2D eigenvalue weighted by Gasteiger charge is 2.12. The van der Waals surface area contributed by atoms with E-state index in [1.54, 1.807) is 12.1 Å². The Labute approximate surface area is 132 Å². The first kappa shape index (κ1) is 18.0. The Bertz CT molecular complexity index is 492. The number of amides is 2. The molecule has 0 aromatic heterocycles. The van der Waals surface area contributed by atoms with E-state index in [-0.39, 0.29) is 12.6 Å². The zero-order chi connectivity index (χ0) is 16.4. The number of rotatable bonds is 8. The average molecular weight is 303 g/mol. The summed E-state index contributed by atoms with van der Waals surface area (Å²) in [7, 11) is 0. The van der Waals surface area contributed by atoms with Gasteiger partial charge < -0.3 is 15.7 Å². The zero-order valence-corrected chi connectivity index (χ0v) is 13.3. The quantitative estimate of drug-likeness (QED) is 0.689. The van der Waals surface area contributed by atoms with Crippen LogP contribution in [0, 0.1) is 23.2 Å². The highest BCUT2D eigenvalue weighted by Crippen LogP contribution is 2.14. The number of aliphatic hydroxyl groups is 1. The van der Waals surface area contributed by atoms with Crippen LogP contribution >= 0.6 is 0 Å². The van der Waals surface area contributed by atoms with Gasteiger partial charge in [-0.1, -0.05) is 26.0 Å². The number of hydrogen-bond donors (Lipinski definition) is 3. The molecule has 0 aliphatic rings. The molecule has 0 heterocycles. The molecule has 0 spiro atoms. The summed E-state index contributed by atoms with van der Waals surface area (Å²) in [6, 6.07) is 8.96. The molecule has 0 aliphatic heterocycles. The minimum atomic E-state index is -0.212. The van der Waals surface area contributed by atoms with Gasteiger partial charge in [0.25, 0.3) is 0 Å². The second-order valence-electron chi connectivity index (χ2n) is 5.88. The van der Waals surface area contributed by atoms with Gasteiger partial charge in [-0.15, -0.1) is 0 Å². The van der Waals surface area contributed by atoms with Gasteiger partial charge in [-0.25, -0.2) is 4.79 Å². The number of carbonyl (C=O) groups excluding carboxylic acids is 1. The Morgan fingerprint density at radius 3 is 2.50 bits per heavy atom. The van der Waals surface area contributed by atoms with Gasteiger partial charge in [-0.05, 0) is 42.4 Å². The molecule has 0 fully saturated rings. The minimum absolute atomic E-state index is 0.145. The standard InChI is InChI=1S/C17H25N3O2/c1-13(2)9-16(7-8-21)12-20-17(22)19-11-15-5-3-14(10-18)4-6-15/h3-6,13,16,21H,7-9,11-12H2,1-2H3,(H2,19,20,22). The summed E-state index contributed by atoms with van der Waals surface area (Å²) >= 11 is 0. The highest BCUT2D eigenvalue weighted by atomic mass is 16.3. The summed E-state index contributed by atoms with van der Waals surface area (Å²) in [4.78, 5) is 11.8. The molecule has 1 aromatic carbocycles. The maximum atomic E-state index is 11.8. The largest absolute Gasteiger partial charge is 0.396 e. The average Bonchev–Trinajstić information content (AvgIpc) is 2.51. The maximum Gasteiger partial charge on any atom is 0.315 e.